The van der Waals surface area contributed by atoms with E-state index in [0.717, 1.165) is 20.6 Å². The summed E-state index contributed by atoms with van der Waals surface area (Å²) in [6, 6.07) is 8.73. The smallest absolute Gasteiger partial charge is 0.123 e. The lowest BCUT2D eigenvalue weighted by Crippen LogP contribution is -1.83. The van der Waals surface area contributed by atoms with Crippen molar-refractivity contribution in [1.29, 1.82) is 0 Å². The summed E-state index contributed by atoms with van der Waals surface area (Å²) in [5, 5.41) is 2.76. The molecule has 0 saturated carbocycles. The molecule has 0 aliphatic carbocycles. The molecule has 0 unspecified atom stereocenters. The van der Waals surface area contributed by atoms with Gasteiger partial charge in [0.2, 0.25) is 0 Å². The summed E-state index contributed by atoms with van der Waals surface area (Å²) < 4.78 is 14.0. The molecule has 2 aromatic carbocycles. The Balaban J connectivity index is 2.77. The van der Waals surface area contributed by atoms with Crippen molar-refractivity contribution in [2.75, 3.05) is 0 Å². The first-order chi connectivity index (χ1) is 6.72. The molecule has 0 bridgehead atoms. The largest absolute Gasteiger partial charge is 0.207 e. The van der Waals surface area contributed by atoms with Gasteiger partial charge in [-0.3, -0.25) is 0 Å². The first-order valence-electron chi connectivity index (χ1n) is 4.15. The fraction of sp³-hybridized carbons (Fsp3) is 0.0909. The molecule has 0 aliphatic rings. The van der Waals surface area contributed by atoms with Gasteiger partial charge >= 0.3 is 0 Å². The quantitative estimate of drug-likeness (QED) is 0.672. The van der Waals surface area contributed by atoms with Crippen molar-refractivity contribution in [2.24, 2.45) is 0 Å². The maximum atomic E-state index is 12.9. The predicted molar refractivity (Wildman–Crippen MR) is 64.2 cm³/mol. The molecule has 3 heteroatoms. The molecule has 0 amide bonds. The Bertz CT molecular complexity index is 480. The predicted octanol–water partition coefficient (Wildman–Crippen LogP) is 4.64. The zero-order chi connectivity index (χ0) is 10.1. The molecule has 0 aliphatic heterocycles. The second-order valence-corrected chi connectivity index (χ2v) is 4.39. The molecule has 72 valence electrons. The minimum absolute atomic E-state index is 0.198. The van der Waals surface area contributed by atoms with Crippen LogP contribution in [0.4, 0.5) is 4.39 Å². The average Bonchev–Trinajstić information content (AvgIpc) is 2.18. The van der Waals surface area contributed by atoms with Crippen molar-refractivity contribution in [2.45, 2.75) is 5.33 Å². The first-order valence-corrected chi connectivity index (χ1v) is 6.06. The Labute approximate surface area is 98.4 Å². The summed E-state index contributed by atoms with van der Waals surface area (Å²) in [5.41, 5.74) is 1.17. The van der Waals surface area contributed by atoms with Crippen LogP contribution in [0.25, 0.3) is 10.8 Å². The van der Waals surface area contributed by atoms with Crippen molar-refractivity contribution in [1.82, 2.24) is 0 Å². The van der Waals surface area contributed by atoms with Crippen LogP contribution in [0.3, 0.4) is 0 Å². The van der Waals surface area contributed by atoms with E-state index in [1.165, 1.54) is 17.7 Å². The number of halogens is 3. The second kappa shape index (κ2) is 3.99. The summed E-state index contributed by atoms with van der Waals surface area (Å²) in [4.78, 5) is 0. The van der Waals surface area contributed by atoms with Gasteiger partial charge < -0.3 is 0 Å². The topological polar surface area (TPSA) is 0 Å². The van der Waals surface area contributed by atoms with E-state index in [-0.39, 0.29) is 5.82 Å². The van der Waals surface area contributed by atoms with E-state index in [9.17, 15) is 4.39 Å². The molecule has 0 N–H and O–H groups in total. The summed E-state index contributed by atoms with van der Waals surface area (Å²) in [7, 11) is 0. The van der Waals surface area contributed by atoms with Gasteiger partial charge in [0.05, 0.1) is 0 Å². The van der Waals surface area contributed by atoms with Gasteiger partial charge in [-0.25, -0.2) is 4.39 Å². The molecule has 0 atom stereocenters. The zero-order valence-corrected chi connectivity index (χ0v) is 10.4. The molecule has 0 saturated heterocycles. The fourth-order valence-corrected chi connectivity index (χ4v) is 2.89. The Kier molecular flexibility index (Phi) is 2.88. The van der Waals surface area contributed by atoms with Crippen LogP contribution < -0.4 is 0 Å². The summed E-state index contributed by atoms with van der Waals surface area (Å²) >= 11 is 6.92. The van der Waals surface area contributed by atoms with Crippen LogP contribution in [0.1, 0.15) is 5.56 Å². The third kappa shape index (κ3) is 1.71. The van der Waals surface area contributed by atoms with Crippen LogP contribution in [0.5, 0.6) is 0 Å². The molecular weight excluding hydrogens is 311 g/mol. The minimum Gasteiger partial charge on any atom is -0.207 e. The van der Waals surface area contributed by atoms with Crippen LogP contribution >= 0.6 is 31.9 Å². The van der Waals surface area contributed by atoms with E-state index in [4.69, 9.17) is 0 Å². The van der Waals surface area contributed by atoms with Crippen LogP contribution in [0.2, 0.25) is 0 Å². The van der Waals surface area contributed by atoms with Gasteiger partial charge in [0.25, 0.3) is 0 Å². The highest BCUT2D eigenvalue weighted by Gasteiger charge is 2.04. The molecule has 0 fully saturated rings. The fourth-order valence-electron chi connectivity index (χ4n) is 1.41. The molecule has 2 aromatic rings. The molecule has 0 aromatic heterocycles. The van der Waals surface area contributed by atoms with Crippen molar-refractivity contribution in [3.8, 4) is 0 Å². The van der Waals surface area contributed by atoms with E-state index in [1.807, 2.05) is 12.1 Å². The number of benzene rings is 2. The third-order valence-corrected chi connectivity index (χ3v) is 3.68. The second-order valence-electron chi connectivity index (χ2n) is 3.04. The number of hydrogen-bond acceptors (Lipinski definition) is 0. The van der Waals surface area contributed by atoms with E-state index in [0.29, 0.717) is 0 Å². The highest BCUT2D eigenvalue weighted by molar-refractivity contribution is 9.11. The van der Waals surface area contributed by atoms with Gasteiger partial charge in [-0.05, 0) is 44.4 Å². The minimum atomic E-state index is -0.198. The SMILES string of the molecule is Fc1ccc2c(Br)c(CBr)ccc2c1. The molecule has 0 spiro atoms. The van der Waals surface area contributed by atoms with E-state index in [2.05, 4.69) is 31.9 Å². The zero-order valence-electron chi connectivity index (χ0n) is 7.23. The standard InChI is InChI=1S/C11H7Br2F/c12-6-8-2-1-7-5-9(14)3-4-10(7)11(8)13/h1-5H,6H2. The molecule has 2 rings (SSSR count). The van der Waals surface area contributed by atoms with E-state index in [1.54, 1.807) is 6.07 Å². The lowest BCUT2D eigenvalue weighted by molar-refractivity contribution is 0.629. The Hall–Kier alpha value is -0.410. The monoisotopic (exact) mass is 316 g/mol. The lowest BCUT2D eigenvalue weighted by atomic mass is 10.1. The van der Waals surface area contributed by atoms with Crippen molar-refractivity contribution in [3.05, 3.63) is 46.2 Å². The van der Waals surface area contributed by atoms with Gasteiger partial charge in [0.1, 0.15) is 5.82 Å². The van der Waals surface area contributed by atoms with Crippen LogP contribution in [0, 0.1) is 5.82 Å². The molecular formula is C11H7Br2F. The van der Waals surface area contributed by atoms with E-state index >= 15 is 0 Å². The molecule has 0 nitrogen and oxygen atoms in total. The number of fused-ring (bicyclic) bond motifs is 1. The van der Waals surface area contributed by atoms with E-state index < -0.39 is 0 Å². The summed E-state index contributed by atoms with van der Waals surface area (Å²) in [6.45, 7) is 0. The number of rotatable bonds is 1. The maximum Gasteiger partial charge on any atom is 0.123 e. The molecule has 14 heavy (non-hydrogen) atoms. The van der Waals surface area contributed by atoms with Gasteiger partial charge in [-0.2, -0.15) is 0 Å². The molecule has 0 radical (unpaired) electrons. The van der Waals surface area contributed by atoms with Crippen molar-refractivity contribution in [3.63, 3.8) is 0 Å². The number of alkyl halides is 1. The van der Waals surface area contributed by atoms with Gasteiger partial charge in [0.15, 0.2) is 0 Å². The molecule has 0 heterocycles. The summed E-state index contributed by atoms with van der Waals surface area (Å²) in [6.07, 6.45) is 0. The normalized spacial score (nSPS) is 10.8. The van der Waals surface area contributed by atoms with Crippen LogP contribution in [-0.2, 0) is 5.33 Å². The third-order valence-electron chi connectivity index (χ3n) is 2.14. The highest BCUT2D eigenvalue weighted by Crippen LogP contribution is 2.29. The van der Waals surface area contributed by atoms with Crippen LogP contribution in [0.15, 0.2) is 34.8 Å². The van der Waals surface area contributed by atoms with Crippen molar-refractivity contribution >= 4 is 42.6 Å². The maximum absolute atomic E-state index is 12.9. The summed E-state index contributed by atoms with van der Waals surface area (Å²) in [5.74, 6) is -0.198. The number of hydrogen-bond donors (Lipinski definition) is 0. The van der Waals surface area contributed by atoms with Gasteiger partial charge in [-0.15, -0.1) is 0 Å². The van der Waals surface area contributed by atoms with Crippen molar-refractivity contribution < 1.29 is 4.39 Å². The van der Waals surface area contributed by atoms with Crippen LogP contribution in [-0.4, -0.2) is 0 Å². The Morgan fingerprint density at radius 3 is 2.64 bits per heavy atom. The highest BCUT2D eigenvalue weighted by atomic mass is 79.9. The Morgan fingerprint density at radius 1 is 1.14 bits per heavy atom. The first kappa shape index (κ1) is 10.1. The Morgan fingerprint density at radius 2 is 1.93 bits per heavy atom. The average molecular weight is 318 g/mol. The van der Waals surface area contributed by atoms with Gasteiger partial charge in [0, 0.05) is 9.80 Å². The lowest BCUT2D eigenvalue weighted by Gasteiger charge is -2.05. The van der Waals surface area contributed by atoms with Gasteiger partial charge in [-0.1, -0.05) is 34.1 Å².